The predicted molar refractivity (Wildman–Crippen MR) is 190 cm³/mol. The summed E-state index contributed by atoms with van der Waals surface area (Å²) in [7, 11) is 0. The maximum atomic E-state index is 14.6. The number of rotatable bonds is 9. The van der Waals surface area contributed by atoms with E-state index < -0.39 is 42.4 Å². The van der Waals surface area contributed by atoms with Gasteiger partial charge in [-0.1, -0.05) is 74.5 Å². The van der Waals surface area contributed by atoms with Gasteiger partial charge in [0.2, 0.25) is 5.91 Å². The molecule has 1 atom stereocenters. The zero-order valence-corrected chi connectivity index (χ0v) is 29.1. The molecule has 3 saturated heterocycles. The van der Waals surface area contributed by atoms with Crippen molar-refractivity contribution >= 4 is 33.4 Å². The number of piperidine rings is 2. The van der Waals surface area contributed by atoms with Crippen LogP contribution in [0, 0.1) is 10.8 Å². The van der Waals surface area contributed by atoms with Gasteiger partial charge >= 0.3 is 12.1 Å². The molecule has 3 fully saturated rings. The van der Waals surface area contributed by atoms with E-state index in [-0.39, 0.29) is 25.6 Å². The van der Waals surface area contributed by atoms with Crippen LogP contribution in [0.15, 0.2) is 66.9 Å². The third kappa shape index (κ3) is 6.95. The van der Waals surface area contributed by atoms with Gasteiger partial charge in [0.1, 0.15) is 11.5 Å². The minimum Gasteiger partial charge on any atom is -0.480 e. The molecule has 0 unspecified atom stereocenters. The molecule has 3 aliphatic rings. The van der Waals surface area contributed by atoms with E-state index >= 15 is 0 Å². The lowest BCUT2D eigenvalue weighted by atomic mass is 9.76. The first-order valence-corrected chi connectivity index (χ1v) is 17.9. The summed E-state index contributed by atoms with van der Waals surface area (Å²) < 4.78 is 48.9. The molecule has 2 N–H and O–H groups in total. The number of aliphatic carboxylic acids is 1. The summed E-state index contributed by atoms with van der Waals surface area (Å²) in [6, 6.07) is 18.0. The van der Waals surface area contributed by atoms with Crippen LogP contribution < -0.4 is 5.32 Å². The molecule has 1 amide bonds. The SMILES string of the molecule is CC1(C)CCN(Cc2cnc(-c3cccc4c(C[C@H](NC(=O)C5(C(F)(F)F)CCN(C6COC6)CC5)C(=O)O)cccc34)c3ccccc23)CC1. The lowest BCUT2D eigenvalue weighted by Gasteiger charge is -2.46. The van der Waals surface area contributed by atoms with Crippen molar-refractivity contribution < 1.29 is 32.6 Å². The fraction of sp³-hybridized carbons (Fsp3) is 0.475. The predicted octanol–water partition coefficient (Wildman–Crippen LogP) is 6.83. The Labute approximate surface area is 296 Å². The number of halogens is 3. The zero-order chi connectivity index (χ0) is 36.0. The highest BCUT2D eigenvalue weighted by Gasteiger charge is 2.61. The number of amides is 1. The second-order valence-corrected chi connectivity index (χ2v) is 15.3. The minimum absolute atomic E-state index is 0.0563. The highest BCUT2D eigenvalue weighted by molar-refractivity contribution is 6.05. The van der Waals surface area contributed by atoms with E-state index in [1.54, 1.807) is 6.07 Å². The number of nitrogens with one attached hydrogen (secondary N) is 1. The third-order valence-electron chi connectivity index (χ3n) is 11.5. The van der Waals surface area contributed by atoms with Gasteiger partial charge in [-0.2, -0.15) is 13.2 Å². The molecule has 1 aromatic heterocycles. The second-order valence-electron chi connectivity index (χ2n) is 15.3. The molecule has 270 valence electrons. The topological polar surface area (TPSA) is 95.0 Å². The Balaban J connectivity index is 1.15. The summed E-state index contributed by atoms with van der Waals surface area (Å²) >= 11 is 0. The Morgan fingerprint density at radius 3 is 2.16 bits per heavy atom. The normalized spacial score (nSPS) is 20.6. The van der Waals surface area contributed by atoms with E-state index in [9.17, 15) is 27.9 Å². The fourth-order valence-corrected chi connectivity index (χ4v) is 7.97. The van der Waals surface area contributed by atoms with Crippen molar-refractivity contribution in [1.82, 2.24) is 20.1 Å². The molecule has 0 spiro atoms. The number of carboxylic acids is 1. The molecular weight excluding hydrogens is 657 g/mol. The van der Waals surface area contributed by atoms with Crippen molar-refractivity contribution in [3.05, 3.63) is 78.0 Å². The van der Waals surface area contributed by atoms with Gasteiger partial charge < -0.3 is 15.2 Å². The minimum atomic E-state index is -4.83. The van der Waals surface area contributed by atoms with Crippen LogP contribution in [0.5, 0.6) is 0 Å². The van der Waals surface area contributed by atoms with Gasteiger partial charge in [0, 0.05) is 30.1 Å². The smallest absolute Gasteiger partial charge is 0.403 e. The van der Waals surface area contributed by atoms with Crippen molar-refractivity contribution in [2.75, 3.05) is 39.4 Å². The van der Waals surface area contributed by atoms with Gasteiger partial charge in [-0.15, -0.1) is 0 Å². The number of ether oxygens (including phenoxy) is 1. The summed E-state index contributed by atoms with van der Waals surface area (Å²) in [4.78, 5) is 35.4. The van der Waals surface area contributed by atoms with Gasteiger partial charge in [0.25, 0.3) is 0 Å². The maximum Gasteiger partial charge on any atom is 0.403 e. The number of aromatic nitrogens is 1. The van der Waals surface area contributed by atoms with Crippen molar-refractivity contribution in [1.29, 1.82) is 0 Å². The van der Waals surface area contributed by atoms with Gasteiger partial charge in [-0.25, -0.2) is 4.79 Å². The number of carboxylic acid groups (broad SMARTS) is 1. The molecule has 4 heterocycles. The first kappa shape index (κ1) is 35.3. The van der Waals surface area contributed by atoms with E-state index in [1.165, 1.54) is 0 Å². The van der Waals surface area contributed by atoms with E-state index in [0.29, 0.717) is 24.2 Å². The average molecular weight is 703 g/mol. The number of carbonyl (C=O) groups excluding carboxylic acids is 1. The molecule has 0 radical (unpaired) electrons. The van der Waals surface area contributed by atoms with Gasteiger partial charge in [-0.05, 0) is 84.6 Å². The number of carbonyl (C=O) groups is 2. The van der Waals surface area contributed by atoms with Crippen molar-refractivity contribution in [3.63, 3.8) is 0 Å². The highest BCUT2D eigenvalue weighted by atomic mass is 19.4. The molecule has 51 heavy (non-hydrogen) atoms. The summed E-state index contributed by atoms with van der Waals surface area (Å²) in [5, 5.41) is 16.2. The number of pyridine rings is 1. The zero-order valence-electron chi connectivity index (χ0n) is 29.1. The number of alkyl halides is 3. The first-order chi connectivity index (χ1) is 24.3. The number of hydrogen-bond donors (Lipinski definition) is 2. The quantitative estimate of drug-likeness (QED) is 0.198. The lowest BCUT2D eigenvalue weighted by molar-refractivity contribution is -0.236. The van der Waals surface area contributed by atoms with Crippen LogP contribution in [-0.4, -0.2) is 89.4 Å². The number of fused-ring (bicyclic) bond motifs is 2. The van der Waals surface area contributed by atoms with E-state index in [0.717, 1.165) is 70.8 Å². The van der Waals surface area contributed by atoms with E-state index in [2.05, 4.69) is 36.2 Å². The van der Waals surface area contributed by atoms with Crippen LogP contribution in [0.4, 0.5) is 13.2 Å². The highest BCUT2D eigenvalue weighted by Crippen LogP contribution is 2.47. The molecule has 0 aliphatic carbocycles. The summed E-state index contributed by atoms with van der Waals surface area (Å²) in [6.07, 6.45) is -1.61. The Kier molecular flexibility index (Phi) is 9.58. The van der Waals surface area contributed by atoms with Crippen molar-refractivity contribution in [3.8, 4) is 11.3 Å². The molecule has 8 nitrogen and oxygen atoms in total. The maximum absolute atomic E-state index is 14.6. The number of nitrogens with zero attached hydrogens (tertiary/aromatic N) is 3. The monoisotopic (exact) mass is 702 g/mol. The van der Waals surface area contributed by atoms with Crippen LogP contribution in [-0.2, 0) is 27.3 Å². The molecule has 3 aliphatic heterocycles. The van der Waals surface area contributed by atoms with E-state index in [4.69, 9.17) is 9.72 Å². The summed E-state index contributed by atoms with van der Waals surface area (Å²) in [5.74, 6) is -2.67. The third-order valence-corrected chi connectivity index (χ3v) is 11.5. The fourth-order valence-electron chi connectivity index (χ4n) is 7.97. The average Bonchev–Trinajstić information content (AvgIpc) is 3.08. The molecule has 0 saturated carbocycles. The number of benzene rings is 3. The van der Waals surface area contributed by atoms with Crippen LogP contribution >= 0.6 is 0 Å². The summed E-state index contributed by atoms with van der Waals surface area (Å²) in [5.41, 5.74) is 1.14. The standard InChI is InChI=1S/C40H45F3N4O4/c1-38(2)13-17-46(18-14-38)23-27-22-44-35(32-9-4-3-8-30(27)32)33-12-6-10-29-26(7-5-11-31(29)33)21-34(36(48)49)45-37(50)39(40(41,42)43)15-19-47(20-16-39)28-24-51-25-28/h3-12,22,28,34H,13-21,23-25H2,1-2H3,(H,45,50)(H,48,49)/t34-/m0/s1. The molecule has 3 aromatic carbocycles. The molecular formula is C40H45F3N4O4. The van der Waals surface area contributed by atoms with Gasteiger partial charge in [0.15, 0.2) is 0 Å². The number of likely N-dealkylation sites (tertiary alicyclic amines) is 2. The Bertz CT molecular complexity index is 1920. The van der Waals surface area contributed by atoms with Gasteiger partial charge in [-0.3, -0.25) is 19.6 Å². The Hall–Kier alpha value is -4.06. The van der Waals surface area contributed by atoms with Crippen LogP contribution in [0.3, 0.4) is 0 Å². The molecule has 0 bridgehead atoms. The second kappa shape index (κ2) is 13.8. The molecule has 11 heteroatoms. The van der Waals surface area contributed by atoms with Crippen molar-refractivity contribution in [2.45, 2.75) is 70.8 Å². The van der Waals surface area contributed by atoms with Crippen LogP contribution in [0.25, 0.3) is 32.8 Å². The summed E-state index contributed by atoms with van der Waals surface area (Å²) in [6.45, 7) is 8.65. The number of hydrogen-bond acceptors (Lipinski definition) is 6. The van der Waals surface area contributed by atoms with Crippen molar-refractivity contribution in [2.24, 2.45) is 10.8 Å². The van der Waals surface area contributed by atoms with Crippen LogP contribution in [0.2, 0.25) is 0 Å². The van der Waals surface area contributed by atoms with Gasteiger partial charge in [0.05, 0.1) is 24.9 Å². The molecule has 4 aromatic rings. The molecule has 7 rings (SSSR count). The van der Waals surface area contributed by atoms with E-state index in [1.807, 2.05) is 53.6 Å². The Morgan fingerprint density at radius 1 is 0.882 bits per heavy atom. The largest absolute Gasteiger partial charge is 0.480 e. The van der Waals surface area contributed by atoms with Crippen LogP contribution in [0.1, 0.15) is 50.7 Å². The Morgan fingerprint density at radius 2 is 1.51 bits per heavy atom. The lowest BCUT2D eigenvalue weighted by Crippen LogP contribution is -2.61. The first-order valence-electron chi connectivity index (χ1n) is 17.9.